The number of fused-ring (bicyclic) bond motifs is 1. The molecule has 0 saturated heterocycles. The largest absolute Gasteiger partial charge is 0.487 e. The molecule has 0 fully saturated rings. The van der Waals surface area contributed by atoms with Crippen LogP contribution in [0.1, 0.15) is 74.4 Å². The van der Waals surface area contributed by atoms with E-state index in [1.807, 2.05) is 58.2 Å². The molecule has 3 N–H and O–H groups in total. The number of aryl methyl sites for hydroxylation is 2. The summed E-state index contributed by atoms with van der Waals surface area (Å²) in [6.45, 7) is 8.74. The topological polar surface area (TPSA) is 121 Å². The number of para-hydroxylation sites is 1. The van der Waals surface area contributed by atoms with E-state index in [0.29, 0.717) is 36.6 Å². The molecule has 2 heterocycles. The van der Waals surface area contributed by atoms with Crippen molar-refractivity contribution < 1.29 is 23.7 Å². The zero-order valence-corrected chi connectivity index (χ0v) is 23.3. The van der Waals surface area contributed by atoms with E-state index in [4.69, 9.17) is 4.74 Å². The standard InChI is InChI=1S/C28H38N4O5S/c1-5-25-18-31(38(35,36)27-9-7-6-8-26(27)37-25)16-23-14-21(11-10-20(23)4)22(15-28(33)34)12-13-24-17-32(19(2)3)30-29-24/h6-11,14,17,19,22,25,35-36H,5,12-13,15-16,18H2,1-4H3,(H,33,34). The lowest BCUT2D eigenvalue weighted by atomic mass is 9.88. The van der Waals surface area contributed by atoms with Crippen molar-refractivity contribution in [2.45, 2.75) is 82.9 Å². The molecule has 9 nitrogen and oxygen atoms in total. The van der Waals surface area contributed by atoms with Crippen LogP contribution in [0.2, 0.25) is 0 Å². The normalized spacial score (nSPS) is 18.9. The molecule has 0 aliphatic carbocycles. The minimum atomic E-state index is -3.28. The van der Waals surface area contributed by atoms with Gasteiger partial charge in [-0.1, -0.05) is 42.5 Å². The van der Waals surface area contributed by atoms with Gasteiger partial charge < -0.3 is 9.84 Å². The lowest BCUT2D eigenvalue weighted by molar-refractivity contribution is -0.137. The monoisotopic (exact) mass is 542 g/mol. The number of carboxylic acids is 1. The number of nitrogens with zero attached hydrogens (tertiary/aromatic N) is 4. The van der Waals surface area contributed by atoms with E-state index in [9.17, 15) is 19.0 Å². The highest BCUT2D eigenvalue weighted by atomic mass is 32.3. The van der Waals surface area contributed by atoms with Gasteiger partial charge in [0.15, 0.2) is 0 Å². The van der Waals surface area contributed by atoms with Crippen molar-refractivity contribution in [3.05, 3.63) is 71.0 Å². The van der Waals surface area contributed by atoms with Crippen LogP contribution < -0.4 is 4.74 Å². The molecular formula is C28H38N4O5S. The number of hydrogen-bond acceptors (Lipinski definition) is 7. The maximum atomic E-state index is 11.7. The second kappa shape index (κ2) is 11.9. The van der Waals surface area contributed by atoms with Gasteiger partial charge in [-0.05, 0) is 74.8 Å². The highest BCUT2D eigenvalue weighted by Gasteiger charge is 2.34. The number of ether oxygens (including phenoxy) is 1. The molecule has 0 saturated carbocycles. The van der Waals surface area contributed by atoms with Crippen molar-refractivity contribution >= 4 is 16.7 Å². The maximum absolute atomic E-state index is 11.7. The highest BCUT2D eigenvalue weighted by molar-refractivity contribution is 8.22. The second-order valence-corrected chi connectivity index (χ2v) is 12.2. The Balaban J connectivity index is 1.60. The first-order chi connectivity index (χ1) is 18.1. The van der Waals surface area contributed by atoms with Gasteiger partial charge >= 0.3 is 5.97 Å². The number of hydrogen-bond donors (Lipinski definition) is 3. The number of aliphatic carboxylic acids is 1. The van der Waals surface area contributed by atoms with E-state index in [0.717, 1.165) is 28.8 Å². The molecule has 0 radical (unpaired) electrons. The lowest BCUT2D eigenvalue weighted by Gasteiger charge is -2.42. The molecule has 1 aromatic heterocycles. The van der Waals surface area contributed by atoms with E-state index in [-0.39, 0.29) is 24.5 Å². The van der Waals surface area contributed by atoms with Crippen LogP contribution in [0.15, 0.2) is 53.6 Å². The summed E-state index contributed by atoms with van der Waals surface area (Å²) in [6, 6.07) is 13.3. The Morgan fingerprint density at radius 1 is 1.21 bits per heavy atom. The van der Waals surface area contributed by atoms with Crippen LogP contribution >= 0.6 is 10.8 Å². The third-order valence-electron chi connectivity index (χ3n) is 7.11. The first-order valence-corrected chi connectivity index (χ1v) is 14.6. The molecule has 0 spiro atoms. The molecule has 10 heteroatoms. The van der Waals surface area contributed by atoms with Gasteiger partial charge in [0.2, 0.25) is 0 Å². The first-order valence-electron chi connectivity index (χ1n) is 13.1. The fraction of sp³-hybridized carbons (Fsp3) is 0.464. The van der Waals surface area contributed by atoms with Crippen LogP contribution in [-0.2, 0) is 17.8 Å². The summed E-state index contributed by atoms with van der Waals surface area (Å²) in [4.78, 5) is 12.1. The molecule has 0 bridgehead atoms. The molecule has 1 aliphatic rings. The van der Waals surface area contributed by atoms with Crippen LogP contribution in [0.25, 0.3) is 0 Å². The molecule has 2 aromatic carbocycles. The number of aromatic nitrogens is 3. The zero-order chi connectivity index (χ0) is 27.4. The van der Waals surface area contributed by atoms with Gasteiger partial charge in [-0.25, -0.2) is 4.68 Å². The summed E-state index contributed by atoms with van der Waals surface area (Å²) in [5, 5.41) is 18.0. The molecule has 206 valence electrons. The van der Waals surface area contributed by atoms with Crippen molar-refractivity contribution in [1.82, 2.24) is 19.3 Å². The zero-order valence-electron chi connectivity index (χ0n) is 22.4. The minimum Gasteiger partial charge on any atom is -0.487 e. The van der Waals surface area contributed by atoms with Crippen molar-refractivity contribution in [2.24, 2.45) is 0 Å². The Morgan fingerprint density at radius 2 is 1.97 bits per heavy atom. The number of benzene rings is 2. The van der Waals surface area contributed by atoms with Gasteiger partial charge in [0.05, 0.1) is 18.7 Å². The van der Waals surface area contributed by atoms with Gasteiger partial charge in [0, 0.05) is 18.8 Å². The summed E-state index contributed by atoms with van der Waals surface area (Å²) in [5.41, 5.74) is 3.69. The van der Waals surface area contributed by atoms with E-state index >= 15 is 0 Å². The molecule has 4 rings (SSSR count). The molecular weight excluding hydrogens is 504 g/mol. The summed E-state index contributed by atoms with van der Waals surface area (Å²) < 4.78 is 32.4. The number of rotatable bonds is 10. The van der Waals surface area contributed by atoms with Crippen LogP contribution in [0, 0.1) is 6.92 Å². The maximum Gasteiger partial charge on any atom is 0.303 e. The molecule has 0 amide bonds. The van der Waals surface area contributed by atoms with Gasteiger partial charge in [0.25, 0.3) is 0 Å². The average molecular weight is 543 g/mol. The molecule has 2 atom stereocenters. The molecule has 1 aliphatic heterocycles. The Kier molecular flexibility index (Phi) is 8.77. The van der Waals surface area contributed by atoms with Crippen LogP contribution in [0.4, 0.5) is 0 Å². The Hall–Kier alpha value is -2.92. The Labute approximate surface area is 225 Å². The van der Waals surface area contributed by atoms with Gasteiger partial charge in [-0.3, -0.25) is 13.9 Å². The molecule has 3 aromatic rings. The van der Waals surface area contributed by atoms with Gasteiger partial charge in [0.1, 0.15) is 16.7 Å². The predicted molar refractivity (Wildman–Crippen MR) is 148 cm³/mol. The van der Waals surface area contributed by atoms with Crippen molar-refractivity contribution in [3.8, 4) is 5.75 Å². The molecule has 38 heavy (non-hydrogen) atoms. The third-order valence-corrected chi connectivity index (χ3v) is 9.03. The van der Waals surface area contributed by atoms with Crippen molar-refractivity contribution in [2.75, 3.05) is 6.54 Å². The van der Waals surface area contributed by atoms with E-state index in [2.05, 4.69) is 10.3 Å². The first kappa shape index (κ1) is 28.1. The van der Waals surface area contributed by atoms with Gasteiger partial charge in [-0.15, -0.1) is 15.9 Å². The summed E-state index contributed by atoms with van der Waals surface area (Å²) in [6.07, 6.45) is 3.68. The summed E-state index contributed by atoms with van der Waals surface area (Å²) in [5.74, 6) is -0.569. The quantitative estimate of drug-likeness (QED) is 0.283. The van der Waals surface area contributed by atoms with E-state index in [1.165, 1.54) is 0 Å². The molecule has 2 unspecified atom stereocenters. The summed E-state index contributed by atoms with van der Waals surface area (Å²) >= 11 is 0. The van der Waals surface area contributed by atoms with Crippen molar-refractivity contribution in [1.29, 1.82) is 0 Å². The fourth-order valence-corrected chi connectivity index (χ4v) is 6.35. The predicted octanol–water partition coefficient (Wildman–Crippen LogP) is 6.06. The number of carboxylic acid groups (broad SMARTS) is 1. The lowest BCUT2D eigenvalue weighted by Crippen LogP contribution is -2.34. The van der Waals surface area contributed by atoms with Crippen LogP contribution in [-0.4, -0.2) is 52.1 Å². The SMILES string of the molecule is CCC1CN(Cc2cc(C(CCc3cn(C(C)C)nn3)CC(=O)O)ccc2C)S(O)(O)c2ccccc2O1. The van der Waals surface area contributed by atoms with E-state index < -0.39 is 16.7 Å². The van der Waals surface area contributed by atoms with E-state index in [1.54, 1.807) is 27.2 Å². The minimum absolute atomic E-state index is 0.00115. The van der Waals surface area contributed by atoms with Crippen molar-refractivity contribution in [3.63, 3.8) is 0 Å². The fourth-order valence-electron chi connectivity index (χ4n) is 4.73. The second-order valence-electron chi connectivity index (χ2n) is 10.2. The Bertz CT molecular complexity index is 1260. The average Bonchev–Trinajstić information content (AvgIpc) is 3.32. The van der Waals surface area contributed by atoms with Crippen LogP contribution in [0.5, 0.6) is 5.75 Å². The third kappa shape index (κ3) is 6.37. The Morgan fingerprint density at radius 3 is 2.66 bits per heavy atom. The number of carbonyl (C=O) groups is 1. The highest BCUT2D eigenvalue weighted by Crippen LogP contribution is 2.57. The summed E-state index contributed by atoms with van der Waals surface area (Å²) in [7, 11) is -3.28. The smallest absolute Gasteiger partial charge is 0.303 e. The van der Waals surface area contributed by atoms with Gasteiger partial charge in [-0.2, -0.15) is 4.31 Å². The van der Waals surface area contributed by atoms with Crippen LogP contribution in [0.3, 0.4) is 0 Å².